The van der Waals surface area contributed by atoms with Gasteiger partial charge in [-0.25, -0.2) is 0 Å². The molecule has 0 aliphatic rings. The molecular weight excluding hydrogens is 176 g/mol. The van der Waals surface area contributed by atoms with Gasteiger partial charge in [-0.2, -0.15) is 0 Å². The fraction of sp³-hybridized carbons (Fsp3) is 1.00. The first-order valence-corrected chi connectivity index (χ1v) is 5.68. The van der Waals surface area contributed by atoms with Crippen LogP contribution in [0.5, 0.6) is 0 Å². The van der Waals surface area contributed by atoms with Crippen LogP contribution in [0.25, 0.3) is 0 Å². The Morgan fingerprint density at radius 3 is 2.57 bits per heavy atom. The quantitative estimate of drug-likeness (QED) is 0.571. The largest absolute Gasteiger partial charge is 0.380 e. The monoisotopic (exact) mass is 202 g/mol. The van der Waals surface area contributed by atoms with E-state index in [2.05, 4.69) is 24.2 Å². The number of hydrogen-bond donors (Lipinski definition) is 1. The third kappa shape index (κ3) is 6.35. The lowest BCUT2D eigenvalue weighted by atomic mass is 10.1. The van der Waals surface area contributed by atoms with Crippen molar-refractivity contribution in [3.05, 3.63) is 0 Å². The van der Waals surface area contributed by atoms with Crippen LogP contribution in [-0.2, 0) is 4.74 Å². The molecule has 0 radical (unpaired) electrons. The van der Waals surface area contributed by atoms with Gasteiger partial charge in [-0.3, -0.25) is 0 Å². The average molecular weight is 202 g/mol. The summed E-state index contributed by atoms with van der Waals surface area (Å²) in [6.07, 6.45) is 2.43. The van der Waals surface area contributed by atoms with Crippen molar-refractivity contribution in [3.63, 3.8) is 0 Å². The molecule has 0 fully saturated rings. The van der Waals surface area contributed by atoms with Crippen LogP contribution >= 0.6 is 0 Å². The minimum atomic E-state index is 0.683. The molecule has 3 heteroatoms. The van der Waals surface area contributed by atoms with Crippen LogP contribution in [0.3, 0.4) is 0 Å². The van der Waals surface area contributed by atoms with E-state index in [0.29, 0.717) is 6.04 Å². The SMILES string of the molecule is CCOCCN(C)C(CC)CCNC. The fourth-order valence-corrected chi connectivity index (χ4v) is 1.58. The molecule has 0 saturated carbocycles. The molecule has 0 saturated heterocycles. The second-order valence-electron chi connectivity index (χ2n) is 3.63. The predicted molar refractivity (Wildman–Crippen MR) is 61.7 cm³/mol. The fourth-order valence-electron chi connectivity index (χ4n) is 1.58. The van der Waals surface area contributed by atoms with Crippen LogP contribution in [0.2, 0.25) is 0 Å². The lowest BCUT2D eigenvalue weighted by Crippen LogP contribution is -2.35. The summed E-state index contributed by atoms with van der Waals surface area (Å²) >= 11 is 0. The summed E-state index contributed by atoms with van der Waals surface area (Å²) in [4.78, 5) is 2.40. The van der Waals surface area contributed by atoms with Gasteiger partial charge in [0.2, 0.25) is 0 Å². The molecule has 0 aliphatic heterocycles. The normalized spacial score (nSPS) is 13.5. The second-order valence-corrected chi connectivity index (χ2v) is 3.63. The van der Waals surface area contributed by atoms with Crippen LogP contribution in [0.4, 0.5) is 0 Å². The molecule has 0 amide bonds. The van der Waals surface area contributed by atoms with Gasteiger partial charge in [0.25, 0.3) is 0 Å². The Kier molecular flexibility index (Phi) is 9.35. The Bertz CT molecular complexity index is 120. The van der Waals surface area contributed by atoms with Gasteiger partial charge >= 0.3 is 0 Å². The second kappa shape index (κ2) is 9.44. The van der Waals surface area contributed by atoms with Gasteiger partial charge in [0.1, 0.15) is 0 Å². The van der Waals surface area contributed by atoms with E-state index in [9.17, 15) is 0 Å². The van der Waals surface area contributed by atoms with Crippen LogP contribution in [0.15, 0.2) is 0 Å². The van der Waals surface area contributed by atoms with E-state index in [-0.39, 0.29) is 0 Å². The summed E-state index contributed by atoms with van der Waals surface area (Å²) in [5.41, 5.74) is 0. The zero-order valence-electron chi connectivity index (χ0n) is 10.2. The Morgan fingerprint density at radius 2 is 2.07 bits per heavy atom. The summed E-state index contributed by atoms with van der Waals surface area (Å²) in [5.74, 6) is 0. The Hall–Kier alpha value is -0.120. The average Bonchev–Trinajstić information content (AvgIpc) is 2.19. The molecule has 0 aliphatic carbocycles. The molecule has 14 heavy (non-hydrogen) atoms. The van der Waals surface area contributed by atoms with E-state index in [1.54, 1.807) is 0 Å². The lowest BCUT2D eigenvalue weighted by Gasteiger charge is -2.26. The summed E-state index contributed by atoms with van der Waals surface area (Å²) in [6, 6.07) is 0.683. The first-order chi connectivity index (χ1) is 6.76. The maximum absolute atomic E-state index is 5.35. The molecule has 0 spiro atoms. The van der Waals surface area contributed by atoms with Crippen molar-refractivity contribution in [2.45, 2.75) is 32.7 Å². The smallest absolute Gasteiger partial charge is 0.0593 e. The molecule has 0 rings (SSSR count). The van der Waals surface area contributed by atoms with Crippen LogP contribution < -0.4 is 5.32 Å². The first kappa shape index (κ1) is 13.9. The number of likely N-dealkylation sites (N-methyl/N-ethyl adjacent to an activating group) is 1. The highest BCUT2D eigenvalue weighted by Crippen LogP contribution is 2.05. The molecular formula is C11H26N2O. The van der Waals surface area contributed by atoms with Crippen molar-refractivity contribution in [3.8, 4) is 0 Å². The van der Waals surface area contributed by atoms with Gasteiger partial charge in [-0.15, -0.1) is 0 Å². The molecule has 0 aromatic carbocycles. The van der Waals surface area contributed by atoms with Gasteiger partial charge in [-0.1, -0.05) is 6.92 Å². The van der Waals surface area contributed by atoms with Crippen molar-refractivity contribution in [1.29, 1.82) is 0 Å². The highest BCUT2D eigenvalue weighted by molar-refractivity contribution is 4.67. The van der Waals surface area contributed by atoms with E-state index in [0.717, 1.165) is 26.3 Å². The van der Waals surface area contributed by atoms with Crippen LogP contribution in [-0.4, -0.2) is 51.3 Å². The summed E-state index contributed by atoms with van der Waals surface area (Å²) < 4.78 is 5.35. The maximum Gasteiger partial charge on any atom is 0.0593 e. The number of nitrogens with zero attached hydrogens (tertiary/aromatic N) is 1. The summed E-state index contributed by atoms with van der Waals surface area (Å²) in [6.45, 7) is 8.09. The molecule has 1 atom stereocenters. The first-order valence-electron chi connectivity index (χ1n) is 5.68. The third-order valence-electron chi connectivity index (χ3n) is 2.61. The molecule has 1 N–H and O–H groups in total. The predicted octanol–water partition coefficient (Wildman–Crippen LogP) is 1.34. The molecule has 1 unspecified atom stereocenters. The lowest BCUT2D eigenvalue weighted by molar-refractivity contribution is 0.104. The summed E-state index contributed by atoms with van der Waals surface area (Å²) in [5, 5.41) is 3.20. The topological polar surface area (TPSA) is 24.5 Å². The standard InChI is InChI=1S/C11H26N2O/c1-5-11(7-8-12-3)13(4)9-10-14-6-2/h11-12H,5-10H2,1-4H3. The molecule has 0 bridgehead atoms. The number of hydrogen-bond acceptors (Lipinski definition) is 3. The van der Waals surface area contributed by atoms with Gasteiger partial charge in [0.15, 0.2) is 0 Å². The Balaban J connectivity index is 3.61. The van der Waals surface area contributed by atoms with Gasteiger partial charge in [0.05, 0.1) is 6.61 Å². The van der Waals surface area contributed by atoms with E-state index >= 15 is 0 Å². The molecule has 0 aromatic heterocycles. The van der Waals surface area contributed by atoms with Gasteiger partial charge < -0.3 is 15.0 Å². The minimum Gasteiger partial charge on any atom is -0.380 e. The zero-order valence-corrected chi connectivity index (χ0v) is 10.2. The minimum absolute atomic E-state index is 0.683. The molecule has 0 aromatic rings. The van der Waals surface area contributed by atoms with E-state index in [1.807, 2.05) is 14.0 Å². The van der Waals surface area contributed by atoms with Crippen molar-refractivity contribution in [2.75, 3.05) is 40.4 Å². The van der Waals surface area contributed by atoms with Crippen molar-refractivity contribution in [1.82, 2.24) is 10.2 Å². The molecule has 3 nitrogen and oxygen atoms in total. The Labute approximate surface area is 88.8 Å². The Morgan fingerprint density at radius 1 is 1.36 bits per heavy atom. The number of rotatable bonds is 9. The summed E-state index contributed by atoms with van der Waals surface area (Å²) in [7, 11) is 4.19. The zero-order chi connectivity index (χ0) is 10.8. The van der Waals surface area contributed by atoms with Crippen LogP contribution in [0.1, 0.15) is 26.7 Å². The van der Waals surface area contributed by atoms with Crippen LogP contribution in [0, 0.1) is 0 Å². The highest BCUT2D eigenvalue weighted by atomic mass is 16.5. The highest BCUT2D eigenvalue weighted by Gasteiger charge is 2.11. The van der Waals surface area contributed by atoms with Gasteiger partial charge in [-0.05, 0) is 40.4 Å². The van der Waals surface area contributed by atoms with Gasteiger partial charge in [0, 0.05) is 19.2 Å². The molecule has 0 heterocycles. The van der Waals surface area contributed by atoms with Crippen molar-refractivity contribution >= 4 is 0 Å². The number of nitrogens with one attached hydrogen (secondary N) is 1. The number of ether oxygens (including phenoxy) is 1. The van der Waals surface area contributed by atoms with E-state index in [4.69, 9.17) is 4.74 Å². The van der Waals surface area contributed by atoms with E-state index < -0.39 is 0 Å². The van der Waals surface area contributed by atoms with Crippen molar-refractivity contribution in [2.24, 2.45) is 0 Å². The maximum atomic E-state index is 5.35. The molecule has 86 valence electrons. The third-order valence-corrected chi connectivity index (χ3v) is 2.61. The van der Waals surface area contributed by atoms with E-state index in [1.165, 1.54) is 12.8 Å². The van der Waals surface area contributed by atoms with Crippen molar-refractivity contribution < 1.29 is 4.74 Å².